The molecule has 0 fully saturated rings. The fourth-order valence-corrected chi connectivity index (χ4v) is 0.0786. The number of carbonyl (C=O) groups is 1. The van der Waals surface area contributed by atoms with Crippen LogP contribution in [0.3, 0.4) is 0 Å². The number of aldehydes is 1. The highest BCUT2D eigenvalue weighted by molar-refractivity contribution is 7.45. The third-order valence-electron chi connectivity index (χ3n) is 0.271. The first-order valence-corrected chi connectivity index (χ1v) is 3.83. The first-order chi connectivity index (χ1) is 4.41. The van der Waals surface area contributed by atoms with E-state index >= 15 is 0 Å². The predicted molar refractivity (Wildman–Crippen MR) is 35.1 cm³/mol. The van der Waals surface area contributed by atoms with Crippen molar-refractivity contribution in [3.8, 4) is 0 Å². The molecule has 0 aromatic heterocycles. The molecule has 0 rings (SSSR count). The van der Waals surface area contributed by atoms with Crippen LogP contribution < -0.4 is 0 Å². The Bertz CT molecular complexity index is 137. The summed E-state index contributed by atoms with van der Waals surface area (Å²) in [6.07, 6.45) is 3.88. The predicted octanol–water partition coefficient (Wildman–Crippen LogP) is -0.167. The van der Waals surface area contributed by atoms with Crippen LogP contribution in [0.1, 0.15) is 6.92 Å². The Morgan fingerprint density at radius 1 is 1.30 bits per heavy atom. The van der Waals surface area contributed by atoms with Gasteiger partial charge >= 0.3 is 7.82 Å². The number of phosphoric acid groups is 1. The summed E-state index contributed by atoms with van der Waals surface area (Å²) in [6.45, 7) is 1.80. The average molecular weight is 168 g/mol. The van der Waals surface area contributed by atoms with Gasteiger partial charge < -0.3 is 14.7 Å². The second-order valence-electron chi connectivity index (χ2n) is 1.18. The van der Waals surface area contributed by atoms with Crippen LogP contribution in [0.2, 0.25) is 0 Å². The van der Waals surface area contributed by atoms with E-state index in [1.807, 2.05) is 0 Å². The van der Waals surface area contributed by atoms with Crippen LogP contribution in [0, 0.1) is 0 Å². The standard InChI is InChI=1S/C4H6O.H3O4P/c1-2-3-4-5;1-5(2,3)4/h2-4H,1H3;(H3,1,2,3,4). The van der Waals surface area contributed by atoms with Gasteiger partial charge in [0.15, 0.2) is 0 Å². The minimum atomic E-state index is -4.64. The topological polar surface area (TPSA) is 94.8 Å². The van der Waals surface area contributed by atoms with Gasteiger partial charge in [0.05, 0.1) is 0 Å². The van der Waals surface area contributed by atoms with Crippen molar-refractivity contribution in [3.63, 3.8) is 0 Å². The van der Waals surface area contributed by atoms with E-state index in [-0.39, 0.29) is 0 Å². The zero-order chi connectivity index (χ0) is 8.62. The van der Waals surface area contributed by atoms with Crippen LogP contribution >= 0.6 is 7.82 Å². The number of hydrogen-bond acceptors (Lipinski definition) is 2. The lowest BCUT2D eigenvalue weighted by atomic mass is 10.6. The van der Waals surface area contributed by atoms with Gasteiger partial charge in [-0.25, -0.2) is 4.57 Å². The van der Waals surface area contributed by atoms with Crippen molar-refractivity contribution >= 4 is 14.1 Å². The van der Waals surface area contributed by atoms with Crippen molar-refractivity contribution < 1.29 is 24.0 Å². The number of hydrogen-bond donors (Lipinski definition) is 3. The van der Waals surface area contributed by atoms with E-state index in [1.165, 1.54) is 6.08 Å². The van der Waals surface area contributed by atoms with E-state index in [0.717, 1.165) is 6.29 Å². The molecule has 6 heteroatoms. The molecule has 0 amide bonds. The molecule has 0 radical (unpaired) electrons. The van der Waals surface area contributed by atoms with Gasteiger partial charge in [0.2, 0.25) is 0 Å². The van der Waals surface area contributed by atoms with Crippen LogP contribution in [-0.2, 0) is 9.36 Å². The molecule has 0 aliphatic heterocycles. The molecule has 0 aromatic rings. The molecular weight excluding hydrogens is 159 g/mol. The van der Waals surface area contributed by atoms with E-state index < -0.39 is 7.82 Å². The second kappa shape index (κ2) is 6.64. The number of allylic oxidation sites excluding steroid dienone is 2. The summed E-state index contributed by atoms with van der Waals surface area (Å²) in [5.41, 5.74) is 0. The summed E-state index contributed by atoms with van der Waals surface area (Å²) >= 11 is 0. The summed E-state index contributed by atoms with van der Waals surface area (Å²) in [6, 6.07) is 0. The zero-order valence-electron chi connectivity index (χ0n) is 5.34. The van der Waals surface area contributed by atoms with E-state index in [9.17, 15) is 4.79 Å². The Kier molecular flexibility index (Phi) is 8.11. The highest BCUT2D eigenvalue weighted by Gasteiger charge is 2.00. The minimum absolute atomic E-state index is 0.750. The summed E-state index contributed by atoms with van der Waals surface area (Å²) in [7, 11) is -4.64. The second-order valence-corrected chi connectivity index (χ2v) is 2.20. The molecule has 10 heavy (non-hydrogen) atoms. The molecule has 0 heterocycles. The quantitative estimate of drug-likeness (QED) is 0.287. The van der Waals surface area contributed by atoms with Crippen molar-refractivity contribution in [2.24, 2.45) is 0 Å². The van der Waals surface area contributed by atoms with Crippen molar-refractivity contribution in [2.45, 2.75) is 6.92 Å². The van der Waals surface area contributed by atoms with Crippen molar-refractivity contribution in [1.82, 2.24) is 0 Å². The molecule has 0 spiro atoms. The Morgan fingerprint density at radius 3 is 1.60 bits per heavy atom. The summed E-state index contributed by atoms with van der Waals surface area (Å²) in [5.74, 6) is 0. The van der Waals surface area contributed by atoms with Crippen molar-refractivity contribution in [2.75, 3.05) is 0 Å². The van der Waals surface area contributed by atoms with Crippen molar-refractivity contribution in [1.29, 1.82) is 0 Å². The molecule has 5 nitrogen and oxygen atoms in total. The highest BCUT2D eigenvalue weighted by atomic mass is 31.2. The summed E-state index contributed by atoms with van der Waals surface area (Å²) < 4.78 is 8.88. The third-order valence-corrected chi connectivity index (χ3v) is 0.271. The first kappa shape index (κ1) is 12.2. The molecule has 0 unspecified atom stereocenters. The van der Waals surface area contributed by atoms with Crippen LogP contribution in [0.15, 0.2) is 12.2 Å². The highest BCUT2D eigenvalue weighted by Crippen LogP contribution is 2.25. The lowest BCUT2D eigenvalue weighted by molar-refractivity contribution is -0.104. The Morgan fingerprint density at radius 2 is 1.60 bits per heavy atom. The lowest BCUT2D eigenvalue weighted by Crippen LogP contribution is -1.66. The van der Waals surface area contributed by atoms with E-state index in [1.54, 1.807) is 13.0 Å². The summed E-state index contributed by atoms with van der Waals surface area (Å²) in [5, 5.41) is 0. The van der Waals surface area contributed by atoms with Gasteiger partial charge in [-0.1, -0.05) is 6.08 Å². The van der Waals surface area contributed by atoms with Crippen LogP contribution in [0.4, 0.5) is 0 Å². The molecule has 60 valence electrons. The van der Waals surface area contributed by atoms with Gasteiger partial charge in [0.25, 0.3) is 0 Å². The zero-order valence-corrected chi connectivity index (χ0v) is 6.23. The molecule has 0 aliphatic rings. The molecule has 0 bridgehead atoms. The maximum atomic E-state index is 9.32. The Hall–Kier alpha value is -0.480. The van der Waals surface area contributed by atoms with E-state index in [4.69, 9.17) is 19.2 Å². The van der Waals surface area contributed by atoms with E-state index in [0.29, 0.717) is 0 Å². The third kappa shape index (κ3) is 138. The SMILES string of the molecule is CC=CC=O.O=P(O)(O)O. The first-order valence-electron chi connectivity index (χ1n) is 2.26. The average Bonchev–Trinajstić information content (AvgIpc) is 1.63. The molecule has 0 saturated heterocycles. The van der Waals surface area contributed by atoms with Crippen molar-refractivity contribution in [3.05, 3.63) is 12.2 Å². The molecule has 3 N–H and O–H groups in total. The summed E-state index contributed by atoms with van der Waals surface area (Å²) in [4.78, 5) is 30.9. The van der Waals surface area contributed by atoms with Gasteiger partial charge in [0, 0.05) is 0 Å². The normalized spacial score (nSPS) is 10.4. The largest absolute Gasteiger partial charge is 0.466 e. The lowest BCUT2D eigenvalue weighted by Gasteiger charge is -1.82. The van der Waals surface area contributed by atoms with Gasteiger partial charge in [-0.05, 0) is 13.0 Å². The minimum Gasteiger partial charge on any atom is -0.303 e. The monoisotopic (exact) mass is 168 g/mol. The van der Waals surface area contributed by atoms with Gasteiger partial charge in [-0.15, -0.1) is 0 Å². The molecule has 0 saturated carbocycles. The maximum Gasteiger partial charge on any atom is 0.466 e. The Labute approximate surface area is 58.2 Å². The number of rotatable bonds is 1. The van der Waals surface area contributed by atoms with Gasteiger partial charge in [-0.2, -0.15) is 0 Å². The van der Waals surface area contributed by atoms with Gasteiger partial charge in [-0.3, -0.25) is 4.79 Å². The van der Waals surface area contributed by atoms with Crippen LogP contribution in [-0.4, -0.2) is 21.0 Å². The molecule has 0 atom stereocenters. The fraction of sp³-hybridized carbons (Fsp3) is 0.250. The molecule has 0 aromatic carbocycles. The fourth-order valence-electron chi connectivity index (χ4n) is 0.0786. The van der Waals surface area contributed by atoms with Gasteiger partial charge in [0.1, 0.15) is 6.29 Å². The smallest absolute Gasteiger partial charge is 0.303 e. The number of carbonyl (C=O) groups excluding carboxylic acids is 1. The maximum absolute atomic E-state index is 9.32. The molecular formula is C4H9O5P. The van der Waals surface area contributed by atoms with E-state index in [2.05, 4.69) is 0 Å². The van der Waals surface area contributed by atoms with Crippen LogP contribution in [0.5, 0.6) is 0 Å². The molecule has 0 aliphatic carbocycles. The Balaban J connectivity index is 0. The van der Waals surface area contributed by atoms with Crippen LogP contribution in [0.25, 0.3) is 0 Å².